The third-order valence-corrected chi connectivity index (χ3v) is 5.42. The van der Waals surface area contributed by atoms with E-state index in [4.69, 9.17) is 0 Å². The number of hydrogen-bond acceptors (Lipinski definition) is 2. The van der Waals surface area contributed by atoms with Gasteiger partial charge in [-0.25, -0.2) is 0 Å². The molecule has 4 rings (SSSR count). The van der Waals surface area contributed by atoms with Gasteiger partial charge in [0.2, 0.25) is 0 Å². The Labute approximate surface area is 127 Å². The third kappa shape index (κ3) is 2.47. The molecule has 2 nitrogen and oxygen atoms in total. The molecule has 2 heteroatoms. The number of benzene rings is 2. The van der Waals surface area contributed by atoms with Gasteiger partial charge in [0.25, 0.3) is 0 Å². The predicted octanol–water partition coefficient (Wildman–Crippen LogP) is 3.51. The maximum Gasteiger partial charge on any atom is 0.0250 e. The summed E-state index contributed by atoms with van der Waals surface area (Å²) in [6.07, 6.45) is 2.77. The van der Waals surface area contributed by atoms with E-state index in [1.54, 1.807) is 0 Å². The van der Waals surface area contributed by atoms with Crippen molar-refractivity contribution in [3.63, 3.8) is 0 Å². The van der Waals surface area contributed by atoms with Crippen LogP contribution in [0.2, 0.25) is 0 Å². The Hall–Kier alpha value is -1.38. The summed E-state index contributed by atoms with van der Waals surface area (Å²) in [5.74, 6) is 0. The first-order valence-electron chi connectivity index (χ1n) is 8.27. The summed E-state index contributed by atoms with van der Waals surface area (Å²) in [4.78, 5) is 5.37. The summed E-state index contributed by atoms with van der Waals surface area (Å²) in [5.41, 5.74) is 1.45. The van der Waals surface area contributed by atoms with Gasteiger partial charge in [0, 0.05) is 31.7 Å². The van der Waals surface area contributed by atoms with Crippen LogP contribution >= 0.6 is 0 Å². The fourth-order valence-corrected chi connectivity index (χ4v) is 4.17. The van der Waals surface area contributed by atoms with Gasteiger partial charge < -0.3 is 0 Å². The van der Waals surface area contributed by atoms with Crippen LogP contribution in [0, 0.1) is 0 Å². The van der Waals surface area contributed by atoms with E-state index in [-0.39, 0.29) is 0 Å². The maximum atomic E-state index is 2.70. The lowest BCUT2D eigenvalue weighted by molar-refractivity contribution is 0.0471. The van der Waals surface area contributed by atoms with Gasteiger partial charge in [-0.15, -0.1) is 0 Å². The molecule has 0 radical (unpaired) electrons. The van der Waals surface area contributed by atoms with Gasteiger partial charge >= 0.3 is 0 Å². The van der Waals surface area contributed by atoms with Crippen LogP contribution in [0.1, 0.15) is 25.3 Å². The van der Waals surface area contributed by atoms with Crippen molar-refractivity contribution in [3.05, 3.63) is 48.0 Å². The van der Waals surface area contributed by atoms with E-state index < -0.39 is 0 Å². The zero-order valence-electron chi connectivity index (χ0n) is 12.8. The molecule has 2 aliphatic rings. The highest BCUT2D eigenvalue weighted by atomic mass is 15.3. The maximum absolute atomic E-state index is 2.70. The zero-order chi connectivity index (χ0) is 14.2. The number of fused-ring (bicyclic) bond motifs is 2. The zero-order valence-corrected chi connectivity index (χ0v) is 12.8. The summed E-state index contributed by atoms with van der Waals surface area (Å²) in [7, 11) is 0. The summed E-state index contributed by atoms with van der Waals surface area (Å²) >= 11 is 0. The second-order valence-corrected chi connectivity index (χ2v) is 6.64. The van der Waals surface area contributed by atoms with Crippen molar-refractivity contribution in [2.75, 3.05) is 19.6 Å². The fourth-order valence-electron chi connectivity index (χ4n) is 4.17. The molecule has 0 aliphatic carbocycles. The summed E-state index contributed by atoms with van der Waals surface area (Å²) < 4.78 is 0. The Kier molecular flexibility index (Phi) is 3.44. The first-order chi connectivity index (χ1) is 10.3. The largest absolute Gasteiger partial charge is 0.298 e. The Morgan fingerprint density at radius 2 is 1.86 bits per heavy atom. The SMILES string of the molecule is C[C@@H]1[C@@H]2CCCN2CCN1Cc1ccc2ccccc2c1. The van der Waals surface area contributed by atoms with Crippen LogP contribution in [0.4, 0.5) is 0 Å². The summed E-state index contributed by atoms with van der Waals surface area (Å²) in [6.45, 7) is 7.30. The van der Waals surface area contributed by atoms with Crippen molar-refractivity contribution in [2.24, 2.45) is 0 Å². The van der Waals surface area contributed by atoms with Crippen LogP contribution in [-0.2, 0) is 6.54 Å². The quantitative estimate of drug-likeness (QED) is 0.830. The van der Waals surface area contributed by atoms with Crippen molar-refractivity contribution >= 4 is 10.8 Å². The molecule has 2 saturated heterocycles. The van der Waals surface area contributed by atoms with Crippen LogP contribution in [0.3, 0.4) is 0 Å². The number of nitrogens with zero attached hydrogens (tertiary/aromatic N) is 2. The molecule has 110 valence electrons. The Morgan fingerprint density at radius 3 is 2.76 bits per heavy atom. The van der Waals surface area contributed by atoms with Crippen molar-refractivity contribution in [2.45, 2.75) is 38.4 Å². The molecule has 2 aliphatic heterocycles. The lowest BCUT2D eigenvalue weighted by Crippen LogP contribution is -2.55. The normalized spacial score (nSPS) is 27.1. The van der Waals surface area contributed by atoms with Gasteiger partial charge in [0.1, 0.15) is 0 Å². The Morgan fingerprint density at radius 1 is 1.00 bits per heavy atom. The van der Waals surface area contributed by atoms with Crippen molar-refractivity contribution in [1.82, 2.24) is 9.80 Å². The molecule has 2 atom stereocenters. The lowest BCUT2D eigenvalue weighted by atomic mass is 10.0. The van der Waals surface area contributed by atoms with E-state index in [2.05, 4.69) is 59.2 Å². The number of hydrogen-bond donors (Lipinski definition) is 0. The van der Waals surface area contributed by atoms with Crippen molar-refractivity contribution in [3.8, 4) is 0 Å². The van der Waals surface area contributed by atoms with Gasteiger partial charge in [0.15, 0.2) is 0 Å². The molecule has 2 heterocycles. The highest BCUT2D eigenvalue weighted by Gasteiger charge is 2.36. The van der Waals surface area contributed by atoms with Crippen molar-refractivity contribution in [1.29, 1.82) is 0 Å². The molecule has 2 aromatic rings. The predicted molar refractivity (Wildman–Crippen MR) is 88.4 cm³/mol. The molecule has 0 saturated carbocycles. The number of piperazine rings is 1. The molecule has 0 bridgehead atoms. The molecule has 2 aromatic carbocycles. The van der Waals surface area contributed by atoms with Crippen LogP contribution in [0.5, 0.6) is 0 Å². The Bertz CT molecular complexity index is 636. The second-order valence-electron chi connectivity index (χ2n) is 6.64. The van der Waals surface area contributed by atoms with Crippen LogP contribution in [0.25, 0.3) is 10.8 Å². The molecule has 0 unspecified atom stereocenters. The minimum atomic E-state index is 0.688. The smallest absolute Gasteiger partial charge is 0.0250 e. The average Bonchev–Trinajstić information content (AvgIpc) is 2.99. The second kappa shape index (κ2) is 5.43. The fraction of sp³-hybridized carbons (Fsp3) is 0.474. The lowest BCUT2D eigenvalue weighted by Gasteiger charge is -2.43. The van der Waals surface area contributed by atoms with Crippen molar-refractivity contribution < 1.29 is 0 Å². The summed E-state index contributed by atoms with van der Waals surface area (Å²) in [5, 5.41) is 2.71. The van der Waals surface area contributed by atoms with Gasteiger partial charge in [-0.1, -0.05) is 36.4 Å². The Balaban J connectivity index is 1.54. The van der Waals surface area contributed by atoms with Gasteiger partial charge in [-0.3, -0.25) is 9.80 Å². The van der Waals surface area contributed by atoms with Crippen LogP contribution in [0.15, 0.2) is 42.5 Å². The third-order valence-electron chi connectivity index (χ3n) is 5.42. The minimum Gasteiger partial charge on any atom is -0.298 e. The molecule has 0 spiro atoms. The van der Waals surface area contributed by atoms with Gasteiger partial charge in [0.05, 0.1) is 0 Å². The molecule has 21 heavy (non-hydrogen) atoms. The highest BCUT2D eigenvalue weighted by Crippen LogP contribution is 2.28. The minimum absolute atomic E-state index is 0.688. The highest BCUT2D eigenvalue weighted by molar-refractivity contribution is 5.82. The van der Waals surface area contributed by atoms with Gasteiger partial charge in [-0.2, -0.15) is 0 Å². The van der Waals surface area contributed by atoms with Gasteiger partial charge in [-0.05, 0) is 48.7 Å². The van der Waals surface area contributed by atoms with E-state index in [1.807, 2.05) is 0 Å². The van der Waals surface area contributed by atoms with E-state index in [0.29, 0.717) is 6.04 Å². The standard InChI is InChI=1S/C19H24N2/c1-15-19-7-4-10-20(19)11-12-21(15)14-16-8-9-17-5-2-3-6-18(17)13-16/h2-3,5-6,8-9,13,15,19H,4,7,10-12,14H2,1H3/t15-,19+/m1/s1. The first-order valence-corrected chi connectivity index (χ1v) is 8.27. The average molecular weight is 280 g/mol. The molecular formula is C19H24N2. The van der Waals surface area contributed by atoms with Crippen LogP contribution < -0.4 is 0 Å². The number of rotatable bonds is 2. The topological polar surface area (TPSA) is 6.48 Å². The van der Waals surface area contributed by atoms with E-state index in [9.17, 15) is 0 Å². The molecular weight excluding hydrogens is 256 g/mol. The van der Waals surface area contributed by atoms with E-state index >= 15 is 0 Å². The van der Waals surface area contributed by atoms with Crippen LogP contribution in [-0.4, -0.2) is 41.5 Å². The monoisotopic (exact) mass is 280 g/mol. The molecule has 0 amide bonds. The van der Waals surface area contributed by atoms with E-state index in [1.165, 1.54) is 48.8 Å². The van der Waals surface area contributed by atoms with E-state index in [0.717, 1.165) is 12.6 Å². The molecule has 2 fully saturated rings. The first kappa shape index (κ1) is 13.3. The molecule has 0 aromatic heterocycles. The summed E-state index contributed by atoms with van der Waals surface area (Å²) in [6, 6.07) is 17.1. The molecule has 0 N–H and O–H groups in total.